The molecule has 1 aromatic carbocycles. The lowest BCUT2D eigenvalue weighted by atomic mass is 9.87. The Bertz CT molecular complexity index is 788. The number of fused-ring (bicyclic) bond motifs is 1. The van der Waals surface area contributed by atoms with Gasteiger partial charge in [-0.2, -0.15) is 5.10 Å². The number of ether oxygens (including phenoxy) is 2. The van der Waals surface area contributed by atoms with Crippen molar-refractivity contribution in [1.82, 2.24) is 20.4 Å². The first kappa shape index (κ1) is 17.2. The summed E-state index contributed by atoms with van der Waals surface area (Å²) >= 11 is 6.28. The SMILES string of the molecule is O=C(NCc1cc(Cl)c2c(c1)OCCO2)C1(n2cccn2)CCNCC1. The first-order valence-corrected chi connectivity index (χ1v) is 9.14. The number of amides is 1. The van der Waals surface area contributed by atoms with Crippen LogP contribution in [-0.2, 0) is 16.9 Å². The summed E-state index contributed by atoms with van der Waals surface area (Å²) in [6.45, 7) is 2.91. The highest BCUT2D eigenvalue weighted by molar-refractivity contribution is 6.32. The van der Waals surface area contributed by atoms with Crippen molar-refractivity contribution in [1.29, 1.82) is 0 Å². The van der Waals surface area contributed by atoms with Crippen LogP contribution in [0.4, 0.5) is 0 Å². The number of benzene rings is 1. The van der Waals surface area contributed by atoms with Gasteiger partial charge in [-0.1, -0.05) is 11.6 Å². The minimum atomic E-state index is -0.660. The Hall–Kier alpha value is -2.25. The molecule has 0 unspecified atom stereocenters. The van der Waals surface area contributed by atoms with E-state index in [1.165, 1.54) is 0 Å². The van der Waals surface area contributed by atoms with Crippen LogP contribution in [0.2, 0.25) is 5.02 Å². The topological polar surface area (TPSA) is 77.4 Å². The first-order chi connectivity index (χ1) is 12.7. The maximum atomic E-state index is 13.1. The maximum absolute atomic E-state index is 13.1. The zero-order valence-corrected chi connectivity index (χ0v) is 15.1. The minimum absolute atomic E-state index is 0.0336. The van der Waals surface area contributed by atoms with Crippen LogP contribution >= 0.6 is 11.6 Å². The van der Waals surface area contributed by atoms with Crippen LogP contribution in [0.25, 0.3) is 0 Å². The van der Waals surface area contributed by atoms with Gasteiger partial charge in [-0.15, -0.1) is 0 Å². The number of carbonyl (C=O) groups is 1. The Balaban J connectivity index is 1.52. The van der Waals surface area contributed by atoms with E-state index in [0.29, 0.717) is 49.1 Å². The Morgan fingerprint density at radius 1 is 1.31 bits per heavy atom. The molecule has 7 nitrogen and oxygen atoms in total. The van der Waals surface area contributed by atoms with Crippen molar-refractivity contribution >= 4 is 17.5 Å². The number of hydrogen-bond acceptors (Lipinski definition) is 5. The second-order valence-electron chi connectivity index (χ2n) is 6.52. The summed E-state index contributed by atoms with van der Waals surface area (Å²) in [7, 11) is 0. The second kappa shape index (κ2) is 7.17. The zero-order valence-electron chi connectivity index (χ0n) is 14.3. The summed E-state index contributed by atoms with van der Waals surface area (Å²) in [4.78, 5) is 13.1. The molecule has 0 atom stereocenters. The van der Waals surface area contributed by atoms with Crippen LogP contribution in [0.1, 0.15) is 18.4 Å². The smallest absolute Gasteiger partial charge is 0.248 e. The van der Waals surface area contributed by atoms with Gasteiger partial charge in [-0.25, -0.2) is 0 Å². The predicted octanol–water partition coefficient (Wildman–Crippen LogP) is 1.70. The molecule has 2 aliphatic rings. The summed E-state index contributed by atoms with van der Waals surface area (Å²) < 4.78 is 12.9. The molecule has 1 fully saturated rings. The lowest BCUT2D eigenvalue weighted by Gasteiger charge is -2.36. The van der Waals surface area contributed by atoms with Crippen molar-refractivity contribution in [3.63, 3.8) is 0 Å². The van der Waals surface area contributed by atoms with Crippen LogP contribution in [0, 0.1) is 0 Å². The van der Waals surface area contributed by atoms with Gasteiger partial charge in [0, 0.05) is 18.9 Å². The monoisotopic (exact) mass is 376 g/mol. The third-order valence-corrected chi connectivity index (χ3v) is 5.19. The standard InChI is InChI=1S/C18H21ClN4O3/c19-14-10-13(11-15-16(14)26-9-8-25-15)12-21-17(24)18(2-5-20-6-3-18)23-7-1-4-22-23/h1,4,7,10-11,20H,2-3,5-6,8-9,12H2,(H,21,24). The van der Waals surface area contributed by atoms with Gasteiger partial charge in [0.1, 0.15) is 18.8 Å². The molecule has 2 aliphatic heterocycles. The number of nitrogens with zero attached hydrogens (tertiary/aromatic N) is 2. The van der Waals surface area contributed by atoms with Gasteiger partial charge in [0.2, 0.25) is 5.91 Å². The van der Waals surface area contributed by atoms with Crippen molar-refractivity contribution in [2.24, 2.45) is 0 Å². The predicted molar refractivity (Wildman–Crippen MR) is 96.6 cm³/mol. The molecule has 8 heteroatoms. The molecule has 4 rings (SSSR count). The van der Waals surface area contributed by atoms with Crippen LogP contribution < -0.4 is 20.1 Å². The second-order valence-corrected chi connectivity index (χ2v) is 6.92. The third kappa shape index (κ3) is 3.12. The van der Waals surface area contributed by atoms with Gasteiger partial charge in [0.05, 0.1) is 5.02 Å². The molecule has 2 N–H and O–H groups in total. The summed E-state index contributed by atoms with van der Waals surface area (Å²) in [6, 6.07) is 5.51. The Morgan fingerprint density at radius 2 is 2.12 bits per heavy atom. The van der Waals surface area contributed by atoms with Crippen molar-refractivity contribution in [3.8, 4) is 11.5 Å². The minimum Gasteiger partial charge on any atom is -0.486 e. The van der Waals surface area contributed by atoms with E-state index >= 15 is 0 Å². The first-order valence-electron chi connectivity index (χ1n) is 8.76. The molecular formula is C18H21ClN4O3. The highest BCUT2D eigenvalue weighted by Crippen LogP contribution is 2.38. The molecule has 0 aliphatic carbocycles. The van der Waals surface area contributed by atoms with Gasteiger partial charge >= 0.3 is 0 Å². The molecule has 138 valence electrons. The average molecular weight is 377 g/mol. The van der Waals surface area contributed by atoms with Gasteiger partial charge < -0.3 is 20.1 Å². The quantitative estimate of drug-likeness (QED) is 0.849. The van der Waals surface area contributed by atoms with Crippen molar-refractivity contribution in [2.45, 2.75) is 24.9 Å². The summed E-state index contributed by atoms with van der Waals surface area (Å²) in [5.41, 5.74) is 0.212. The average Bonchev–Trinajstić information content (AvgIpc) is 3.22. The Kier molecular flexibility index (Phi) is 4.74. The molecular weight excluding hydrogens is 356 g/mol. The molecule has 26 heavy (non-hydrogen) atoms. The Labute approximate surface area is 156 Å². The van der Waals surface area contributed by atoms with E-state index in [4.69, 9.17) is 21.1 Å². The number of rotatable bonds is 4. The van der Waals surface area contributed by atoms with E-state index in [2.05, 4.69) is 15.7 Å². The summed E-state index contributed by atoms with van der Waals surface area (Å²) in [6.07, 6.45) is 4.95. The number of nitrogens with one attached hydrogen (secondary N) is 2. The van der Waals surface area contributed by atoms with E-state index in [9.17, 15) is 4.79 Å². The van der Waals surface area contributed by atoms with Crippen molar-refractivity contribution in [2.75, 3.05) is 26.3 Å². The zero-order chi connectivity index (χ0) is 18.0. The molecule has 2 aromatic rings. The third-order valence-electron chi connectivity index (χ3n) is 4.91. The molecule has 0 bridgehead atoms. The van der Waals surface area contributed by atoms with Gasteiger partial charge in [0.25, 0.3) is 0 Å². The fourth-order valence-electron chi connectivity index (χ4n) is 3.54. The molecule has 0 spiro atoms. The molecule has 1 aromatic heterocycles. The molecule has 0 radical (unpaired) electrons. The lowest BCUT2D eigenvalue weighted by Crippen LogP contribution is -2.54. The number of piperidine rings is 1. The van der Waals surface area contributed by atoms with Crippen LogP contribution in [0.15, 0.2) is 30.6 Å². The van der Waals surface area contributed by atoms with Crippen LogP contribution in [0.3, 0.4) is 0 Å². The maximum Gasteiger partial charge on any atom is 0.248 e. The summed E-state index contributed by atoms with van der Waals surface area (Å²) in [5.74, 6) is 1.16. The number of halogens is 1. The van der Waals surface area contributed by atoms with E-state index in [1.54, 1.807) is 16.9 Å². The van der Waals surface area contributed by atoms with Crippen LogP contribution in [-0.4, -0.2) is 42.0 Å². The van der Waals surface area contributed by atoms with E-state index < -0.39 is 5.54 Å². The van der Waals surface area contributed by atoms with Crippen molar-refractivity contribution in [3.05, 3.63) is 41.2 Å². The fraction of sp³-hybridized carbons (Fsp3) is 0.444. The van der Waals surface area contributed by atoms with Gasteiger partial charge in [-0.05, 0) is 49.7 Å². The van der Waals surface area contributed by atoms with E-state index in [1.807, 2.05) is 18.3 Å². The molecule has 1 saturated heterocycles. The van der Waals surface area contributed by atoms with Gasteiger partial charge in [0.15, 0.2) is 11.5 Å². The highest BCUT2D eigenvalue weighted by atomic mass is 35.5. The normalized spacial score (nSPS) is 18.3. The number of carbonyl (C=O) groups excluding carboxylic acids is 1. The van der Waals surface area contributed by atoms with E-state index in [0.717, 1.165) is 18.7 Å². The molecule has 3 heterocycles. The van der Waals surface area contributed by atoms with E-state index in [-0.39, 0.29) is 5.91 Å². The largest absolute Gasteiger partial charge is 0.486 e. The van der Waals surface area contributed by atoms with Crippen molar-refractivity contribution < 1.29 is 14.3 Å². The summed E-state index contributed by atoms with van der Waals surface area (Å²) in [5, 5.41) is 11.2. The fourth-order valence-corrected chi connectivity index (χ4v) is 3.82. The number of aromatic nitrogens is 2. The number of hydrogen-bond donors (Lipinski definition) is 2. The lowest BCUT2D eigenvalue weighted by molar-refractivity contribution is -0.132. The highest BCUT2D eigenvalue weighted by Gasteiger charge is 2.41. The Morgan fingerprint density at radius 3 is 2.88 bits per heavy atom. The van der Waals surface area contributed by atoms with Crippen LogP contribution in [0.5, 0.6) is 11.5 Å². The van der Waals surface area contributed by atoms with Gasteiger partial charge in [-0.3, -0.25) is 9.48 Å². The molecule has 0 saturated carbocycles. The molecule has 1 amide bonds.